The molecule has 11 atom stereocenters. The Morgan fingerprint density at radius 1 is 0.953 bits per heavy atom. The maximum absolute atomic E-state index is 12.8. The molecule has 242 valence electrons. The average Bonchev–Trinajstić information content (AvgIpc) is 3.25. The fraction of sp³-hybridized carbons (Fsp3) is 0.800. The Hall–Kier alpha value is -2.19. The molecule has 0 heterocycles. The van der Waals surface area contributed by atoms with Crippen LogP contribution in [0.3, 0.4) is 0 Å². The highest BCUT2D eigenvalue weighted by atomic mass is 16.6. The fourth-order valence-electron chi connectivity index (χ4n) is 9.79. The van der Waals surface area contributed by atoms with Crippen LogP contribution in [0.1, 0.15) is 107 Å². The van der Waals surface area contributed by atoms with E-state index in [9.17, 15) is 24.6 Å². The van der Waals surface area contributed by atoms with Crippen LogP contribution in [0, 0.1) is 40.4 Å². The first-order chi connectivity index (χ1) is 20.0. The number of carbonyl (C=O) groups excluding carboxylic acids is 3. The van der Waals surface area contributed by atoms with Crippen molar-refractivity contribution in [3.63, 3.8) is 0 Å². The van der Waals surface area contributed by atoms with E-state index in [1.54, 1.807) is 0 Å². The molecule has 0 aliphatic heterocycles. The predicted molar refractivity (Wildman–Crippen MR) is 162 cm³/mol. The van der Waals surface area contributed by atoms with Gasteiger partial charge in [-0.15, -0.1) is 0 Å². The van der Waals surface area contributed by atoms with Crippen molar-refractivity contribution in [1.29, 1.82) is 0 Å². The molecular formula is C35H54O8. The van der Waals surface area contributed by atoms with Gasteiger partial charge in [-0.25, -0.2) is 0 Å². The summed E-state index contributed by atoms with van der Waals surface area (Å²) in [6.45, 7) is 16.9. The van der Waals surface area contributed by atoms with Crippen LogP contribution in [0.5, 0.6) is 0 Å². The zero-order valence-electron chi connectivity index (χ0n) is 27.6. The number of carbonyl (C=O) groups is 3. The van der Waals surface area contributed by atoms with Crippen molar-refractivity contribution in [3.8, 4) is 0 Å². The lowest BCUT2D eigenvalue weighted by Gasteiger charge is -2.64. The molecule has 2 N–H and O–H groups in total. The van der Waals surface area contributed by atoms with E-state index < -0.39 is 59.3 Å². The van der Waals surface area contributed by atoms with E-state index in [-0.39, 0.29) is 23.2 Å². The third-order valence-electron chi connectivity index (χ3n) is 12.1. The van der Waals surface area contributed by atoms with Gasteiger partial charge >= 0.3 is 17.9 Å². The number of fused-ring (bicyclic) bond motifs is 5. The molecule has 8 heteroatoms. The van der Waals surface area contributed by atoms with Crippen molar-refractivity contribution in [3.05, 3.63) is 23.3 Å². The second-order valence-electron chi connectivity index (χ2n) is 14.7. The van der Waals surface area contributed by atoms with Crippen molar-refractivity contribution in [2.75, 3.05) is 0 Å². The van der Waals surface area contributed by atoms with Crippen LogP contribution < -0.4 is 0 Å². The van der Waals surface area contributed by atoms with E-state index in [0.29, 0.717) is 31.6 Å². The first-order valence-electron chi connectivity index (χ1n) is 16.3. The summed E-state index contributed by atoms with van der Waals surface area (Å²) in [5, 5.41) is 24.2. The van der Waals surface area contributed by atoms with E-state index in [1.807, 2.05) is 19.9 Å². The van der Waals surface area contributed by atoms with Gasteiger partial charge in [-0.3, -0.25) is 14.4 Å². The molecule has 0 aromatic carbocycles. The Bertz CT molecular complexity index is 1160. The van der Waals surface area contributed by atoms with Crippen LogP contribution in [-0.4, -0.2) is 58.1 Å². The summed E-state index contributed by atoms with van der Waals surface area (Å²) >= 11 is 0. The minimum atomic E-state index is -1.20. The predicted octanol–water partition coefficient (Wildman–Crippen LogP) is 5.68. The molecule has 43 heavy (non-hydrogen) atoms. The Morgan fingerprint density at radius 2 is 1.58 bits per heavy atom. The van der Waals surface area contributed by atoms with Gasteiger partial charge < -0.3 is 24.4 Å². The number of aliphatic hydroxyl groups excluding tert-OH is 1. The number of esters is 3. The molecule has 0 bridgehead atoms. The van der Waals surface area contributed by atoms with Crippen molar-refractivity contribution in [1.82, 2.24) is 0 Å². The Kier molecular flexibility index (Phi) is 9.64. The quantitative estimate of drug-likeness (QED) is 0.207. The van der Waals surface area contributed by atoms with Crippen LogP contribution >= 0.6 is 0 Å². The van der Waals surface area contributed by atoms with Gasteiger partial charge in [0.15, 0.2) is 0 Å². The van der Waals surface area contributed by atoms with Crippen LogP contribution in [0.4, 0.5) is 0 Å². The maximum atomic E-state index is 12.8. The zero-order chi connectivity index (χ0) is 32.1. The number of aliphatic hydroxyl groups is 2. The molecule has 0 spiro atoms. The van der Waals surface area contributed by atoms with Crippen molar-refractivity contribution < 1.29 is 38.8 Å². The molecule has 4 rings (SSSR count). The third-order valence-corrected chi connectivity index (χ3v) is 12.1. The molecule has 0 saturated heterocycles. The highest BCUT2D eigenvalue weighted by Crippen LogP contribution is 2.69. The number of rotatable bonds is 8. The molecule has 0 aromatic heterocycles. The molecule has 0 amide bonds. The second-order valence-corrected chi connectivity index (χ2v) is 14.7. The van der Waals surface area contributed by atoms with E-state index in [0.717, 1.165) is 24.8 Å². The van der Waals surface area contributed by atoms with Gasteiger partial charge in [0.1, 0.15) is 18.3 Å². The van der Waals surface area contributed by atoms with Crippen LogP contribution in [0.25, 0.3) is 0 Å². The smallest absolute Gasteiger partial charge is 0.303 e. The number of ether oxygens (including phenoxy) is 3. The third kappa shape index (κ3) is 5.83. The number of hydrogen-bond acceptors (Lipinski definition) is 8. The second kappa shape index (κ2) is 12.3. The summed E-state index contributed by atoms with van der Waals surface area (Å²) in [5.41, 5.74) is 0.0445. The van der Waals surface area contributed by atoms with E-state index in [2.05, 4.69) is 33.8 Å². The largest absolute Gasteiger partial charge is 0.459 e. The topological polar surface area (TPSA) is 119 Å². The summed E-state index contributed by atoms with van der Waals surface area (Å²) in [4.78, 5) is 36.8. The Morgan fingerprint density at radius 3 is 2.14 bits per heavy atom. The van der Waals surface area contributed by atoms with E-state index >= 15 is 0 Å². The first-order valence-corrected chi connectivity index (χ1v) is 16.3. The van der Waals surface area contributed by atoms with Gasteiger partial charge in [0.2, 0.25) is 0 Å². The lowest BCUT2D eigenvalue weighted by Crippen LogP contribution is -2.68. The Labute approximate surface area is 257 Å². The molecule has 0 radical (unpaired) electrons. The van der Waals surface area contributed by atoms with Gasteiger partial charge in [0.25, 0.3) is 0 Å². The van der Waals surface area contributed by atoms with Gasteiger partial charge in [-0.05, 0) is 92.6 Å². The van der Waals surface area contributed by atoms with E-state index in [1.165, 1.54) is 26.3 Å². The van der Waals surface area contributed by atoms with Crippen molar-refractivity contribution >= 4 is 17.9 Å². The Balaban J connectivity index is 1.74. The summed E-state index contributed by atoms with van der Waals surface area (Å²) in [6, 6.07) is 0. The summed E-state index contributed by atoms with van der Waals surface area (Å²) in [7, 11) is 0. The molecule has 3 saturated carbocycles. The molecule has 4 aliphatic rings. The van der Waals surface area contributed by atoms with Crippen molar-refractivity contribution in [2.45, 2.75) is 137 Å². The summed E-state index contributed by atoms with van der Waals surface area (Å²) in [5.74, 6) is -1.25. The molecule has 4 aliphatic carbocycles. The minimum Gasteiger partial charge on any atom is -0.459 e. The van der Waals surface area contributed by atoms with E-state index in [4.69, 9.17) is 14.2 Å². The number of hydrogen-bond donors (Lipinski definition) is 2. The SMILES string of the molecule is CC=C(CC(O)C(C)C1CCC2C3=CC(OC(C)=O)C4C(OC(C)=O)C(OC(C)=O)CCC4(C)C3(O)CCC21C)C(C)C. The molecule has 3 fully saturated rings. The average molecular weight is 603 g/mol. The van der Waals surface area contributed by atoms with Gasteiger partial charge in [0.05, 0.1) is 11.7 Å². The lowest BCUT2D eigenvalue weighted by atomic mass is 9.44. The summed E-state index contributed by atoms with van der Waals surface area (Å²) in [6.07, 6.45) is 6.01. The van der Waals surface area contributed by atoms with Crippen LogP contribution in [-0.2, 0) is 28.6 Å². The standard InChI is InChI=1S/C35H54O8/c1-10-24(19(2)3)17-28(39)20(4)25-11-12-26-27-18-30(42-22(6)37)31-32(43-23(7)38)29(41-21(5)36)13-14-34(31,9)35(27,40)16-15-33(25,26)8/h10,18-20,25-26,28-32,39-40H,11-17H2,1-9H3. The monoisotopic (exact) mass is 602 g/mol. The fourth-order valence-corrected chi connectivity index (χ4v) is 9.79. The lowest BCUT2D eigenvalue weighted by molar-refractivity contribution is -0.231. The zero-order valence-corrected chi connectivity index (χ0v) is 27.6. The highest BCUT2D eigenvalue weighted by molar-refractivity contribution is 5.68. The van der Waals surface area contributed by atoms with Gasteiger partial charge in [0, 0.05) is 32.1 Å². The van der Waals surface area contributed by atoms with Crippen LogP contribution in [0.2, 0.25) is 0 Å². The van der Waals surface area contributed by atoms with Crippen molar-refractivity contribution in [2.24, 2.45) is 40.4 Å². The minimum absolute atomic E-state index is 0.0615. The molecular weight excluding hydrogens is 548 g/mol. The first kappa shape index (κ1) is 33.7. The molecule has 0 aromatic rings. The summed E-state index contributed by atoms with van der Waals surface area (Å²) < 4.78 is 17.4. The number of allylic oxidation sites excluding steroid dienone is 1. The van der Waals surface area contributed by atoms with Gasteiger partial charge in [-0.1, -0.05) is 46.3 Å². The molecule has 8 nitrogen and oxygen atoms in total. The maximum Gasteiger partial charge on any atom is 0.303 e. The molecule has 11 unspecified atom stereocenters. The highest BCUT2D eigenvalue weighted by Gasteiger charge is 2.69. The van der Waals surface area contributed by atoms with Crippen LogP contribution in [0.15, 0.2) is 23.3 Å². The van der Waals surface area contributed by atoms with Gasteiger partial charge in [-0.2, -0.15) is 0 Å². The normalized spacial score (nSPS) is 40.4.